The molecule has 1 aliphatic heterocycles. The van der Waals surface area contributed by atoms with E-state index in [2.05, 4.69) is 5.32 Å². The maximum absolute atomic E-state index is 11.8. The van der Waals surface area contributed by atoms with Crippen LogP contribution in [0.3, 0.4) is 0 Å². The van der Waals surface area contributed by atoms with Crippen molar-refractivity contribution in [2.24, 2.45) is 11.8 Å². The van der Waals surface area contributed by atoms with Gasteiger partial charge in [-0.3, -0.25) is 14.9 Å². The zero-order valence-corrected chi connectivity index (χ0v) is 10.9. The van der Waals surface area contributed by atoms with Gasteiger partial charge in [0.1, 0.15) is 5.92 Å². The predicted octanol–water partition coefficient (Wildman–Crippen LogP) is 2.08. The number of carbonyl (C=O) groups is 2. The second-order valence-corrected chi connectivity index (χ2v) is 5.63. The van der Waals surface area contributed by atoms with Crippen molar-refractivity contribution in [2.45, 2.75) is 32.1 Å². The summed E-state index contributed by atoms with van der Waals surface area (Å²) < 4.78 is 0. The van der Waals surface area contributed by atoms with Crippen LogP contribution in [0.5, 0.6) is 0 Å². The summed E-state index contributed by atoms with van der Waals surface area (Å²) in [5, 5.41) is 2.35. The van der Waals surface area contributed by atoms with E-state index in [9.17, 15) is 9.59 Å². The summed E-state index contributed by atoms with van der Waals surface area (Å²) >= 11 is 5.45. The highest BCUT2D eigenvalue weighted by molar-refractivity contribution is 7.81. The highest BCUT2D eigenvalue weighted by Crippen LogP contribution is 2.37. The molecule has 3 nitrogen and oxygen atoms in total. The molecule has 0 aromatic carbocycles. The Balaban J connectivity index is 1.92. The minimum absolute atomic E-state index is 0.252. The van der Waals surface area contributed by atoms with Crippen molar-refractivity contribution in [1.29, 1.82) is 0 Å². The van der Waals surface area contributed by atoms with E-state index in [0.717, 1.165) is 18.4 Å². The van der Waals surface area contributed by atoms with Crippen molar-refractivity contribution in [1.82, 2.24) is 5.32 Å². The Labute approximate surface area is 111 Å². The lowest BCUT2D eigenvalue weighted by Crippen LogP contribution is -2.29. The van der Waals surface area contributed by atoms with Crippen LogP contribution >= 0.6 is 12.2 Å². The third-order valence-corrected chi connectivity index (χ3v) is 4.58. The van der Waals surface area contributed by atoms with Crippen LogP contribution < -0.4 is 5.32 Å². The number of carbonyl (C=O) groups excluding carboxylic acids is 2. The molecular weight excluding hydrogens is 246 g/mol. The Morgan fingerprint density at radius 1 is 1.06 bits per heavy atom. The maximum atomic E-state index is 11.8. The molecule has 4 heteroatoms. The fourth-order valence-electron chi connectivity index (χ4n) is 3.14. The lowest BCUT2D eigenvalue weighted by Gasteiger charge is -2.28. The molecule has 1 heterocycles. The van der Waals surface area contributed by atoms with Gasteiger partial charge in [-0.05, 0) is 24.3 Å². The number of imide groups is 1. The molecule has 3 rings (SSSR count). The smallest absolute Gasteiger partial charge is 0.254 e. The first-order valence-corrected chi connectivity index (χ1v) is 6.90. The Kier molecular flexibility index (Phi) is 2.90. The summed E-state index contributed by atoms with van der Waals surface area (Å²) in [6.07, 6.45) is 9.80. The van der Waals surface area contributed by atoms with Crippen molar-refractivity contribution in [2.75, 3.05) is 0 Å². The molecule has 1 unspecified atom stereocenters. The molecule has 0 spiro atoms. The van der Waals surface area contributed by atoms with Gasteiger partial charge in [0, 0.05) is 10.4 Å². The van der Waals surface area contributed by atoms with E-state index in [1.165, 1.54) is 19.3 Å². The van der Waals surface area contributed by atoms with Crippen LogP contribution in [0, 0.1) is 11.8 Å². The predicted molar refractivity (Wildman–Crippen MR) is 72.0 cm³/mol. The number of rotatable bonds is 1. The van der Waals surface area contributed by atoms with Crippen LogP contribution in [-0.4, -0.2) is 16.7 Å². The van der Waals surface area contributed by atoms with E-state index in [1.807, 2.05) is 6.08 Å². The van der Waals surface area contributed by atoms with Gasteiger partial charge in [0.15, 0.2) is 0 Å². The van der Waals surface area contributed by atoms with Gasteiger partial charge >= 0.3 is 0 Å². The van der Waals surface area contributed by atoms with E-state index < -0.39 is 5.92 Å². The molecule has 2 amide bonds. The summed E-state index contributed by atoms with van der Waals surface area (Å²) in [6.45, 7) is 0. The number of nitrogens with one attached hydrogen (secondary N) is 1. The number of thiocarbonyl (C=S) groups is 1. The number of hydrogen-bond donors (Lipinski definition) is 1. The SMILES string of the molecule is O=C1NC(=O)C2C(=S)C(C3CCCCC3)=CC=C12. The third-order valence-electron chi connectivity index (χ3n) is 4.11. The highest BCUT2D eigenvalue weighted by Gasteiger charge is 2.42. The number of fused-ring (bicyclic) bond motifs is 1. The lowest BCUT2D eigenvalue weighted by atomic mass is 9.77. The van der Waals surface area contributed by atoms with Crippen LogP contribution in [0.15, 0.2) is 23.3 Å². The van der Waals surface area contributed by atoms with Gasteiger partial charge in [0.05, 0.1) is 0 Å². The Bertz CT molecular complexity index is 498. The van der Waals surface area contributed by atoms with Gasteiger partial charge in [-0.2, -0.15) is 0 Å². The van der Waals surface area contributed by atoms with E-state index in [-0.39, 0.29) is 11.8 Å². The lowest BCUT2D eigenvalue weighted by molar-refractivity contribution is -0.124. The standard InChI is InChI=1S/C14H15NO2S/c16-13-10-7-6-9(8-4-2-1-3-5-8)12(18)11(10)14(17)15-13/h6-8,11H,1-5H2,(H,15,16,17). The molecule has 1 N–H and O–H groups in total. The van der Waals surface area contributed by atoms with E-state index in [4.69, 9.17) is 12.2 Å². The highest BCUT2D eigenvalue weighted by atomic mass is 32.1. The molecule has 94 valence electrons. The average Bonchev–Trinajstić information content (AvgIpc) is 2.67. The Morgan fingerprint density at radius 2 is 1.72 bits per heavy atom. The number of allylic oxidation sites excluding steroid dienone is 3. The van der Waals surface area contributed by atoms with E-state index in [0.29, 0.717) is 16.4 Å². The molecule has 0 aromatic rings. The van der Waals surface area contributed by atoms with Gasteiger partial charge in [0.25, 0.3) is 5.91 Å². The zero-order valence-electron chi connectivity index (χ0n) is 10.1. The fraction of sp³-hybridized carbons (Fsp3) is 0.500. The second kappa shape index (κ2) is 4.43. The molecule has 1 saturated heterocycles. The molecule has 0 aromatic heterocycles. The fourth-order valence-corrected chi connectivity index (χ4v) is 3.61. The van der Waals surface area contributed by atoms with Gasteiger partial charge in [-0.25, -0.2) is 0 Å². The van der Waals surface area contributed by atoms with Crippen molar-refractivity contribution < 1.29 is 9.59 Å². The quantitative estimate of drug-likeness (QED) is 0.580. The Morgan fingerprint density at radius 3 is 2.44 bits per heavy atom. The molecule has 18 heavy (non-hydrogen) atoms. The van der Waals surface area contributed by atoms with Crippen LogP contribution in [0.2, 0.25) is 0 Å². The van der Waals surface area contributed by atoms with Crippen LogP contribution in [0.25, 0.3) is 0 Å². The van der Waals surface area contributed by atoms with Crippen LogP contribution in [-0.2, 0) is 9.59 Å². The monoisotopic (exact) mass is 261 g/mol. The second-order valence-electron chi connectivity index (χ2n) is 5.19. The minimum atomic E-state index is -0.505. The minimum Gasteiger partial charge on any atom is -0.292 e. The topological polar surface area (TPSA) is 46.2 Å². The van der Waals surface area contributed by atoms with Gasteiger partial charge in [-0.15, -0.1) is 0 Å². The molecule has 0 radical (unpaired) electrons. The summed E-state index contributed by atoms with van der Waals surface area (Å²) in [6, 6.07) is 0. The van der Waals surface area contributed by atoms with Crippen LogP contribution in [0.4, 0.5) is 0 Å². The molecule has 0 bridgehead atoms. The molecule has 1 saturated carbocycles. The number of amides is 2. The first kappa shape index (κ1) is 11.8. The van der Waals surface area contributed by atoms with Gasteiger partial charge in [0.2, 0.25) is 5.91 Å². The van der Waals surface area contributed by atoms with Crippen molar-refractivity contribution in [3.8, 4) is 0 Å². The summed E-state index contributed by atoms with van der Waals surface area (Å²) in [4.78, 5) is 24.0. The molecule has 1 atom stereocenters. The normalized spacial score (nSPS) is 28.7. The average molecular weight is 261 g/mol. The number of hydrogen-bond acceptors (Lipinski definition) is 3. The summed E-state index contributed by atoms with van der Waals surface area (Å²) in [5.41, 5.74) is 1.63. The molecular formula is C14H15NO2S. The first-order chi connectivity index (χ1) is 8.68. The van der Waals surface area contributed by atoms with Crippen LogP contribution in [0.1, 0.15) is 32.1 Å². The maximum Gasteiger partial charge on any atom is 0.254 e. The summed E-state index contributed by atoms with van der Waals surface area (Å²) in [5.74, 6) is -0.564. The first-order valence-electron chi connectivity index (χ1n) is 6.49. The van der Waals surface area contributed by atoms with E-state index >= 15 is 0 Å². The Hall–Kier alpha value is -1.29. The van der Waals surface area contributed by atoms with Crippen molar-refractivity contribution in [3.05, 3.63) is 23.3 Å². The molecule has 2 aliphatic carbocycles. The molecule has 3 aliphatic rings. The van der Waals surface area contributed by atoms with Gasteiger partial charge in [-0.1, -0.05) is 43.6 Å². The largest absolute Gasteiger partial charge is 0.292 e. The van der Waals surface area contributed by atoms with Crippen molar-refractivity contribution >= 4 is 28.9 Å². The van der Waals surface area contributed by atoms with Crippen molar-refractivity contribution in [3.63, 3.8) is 0 Å². The molecule has 2 fully saturated rings. The van der Waals surface area contributed by atoms with Gasteiger partial charge < -0.3 is 0 Å². The van der Waals surface area contributed by atoms with E-state index in [1.54, 1.807) is 6.08 Å². The summed E-state index contributed by atoms with van der Waals surface area (Å²) in [7, 11) is 0. The third kappa shape index (κ3) is 1.75. The zero-order chi connectivity index (χ0) is 12.7.